The second kappa shape index (κ2) is 3.92. The van der Waals surface area contributed by atoms with Gasteiger partial charge in [0.15, 0.2) is 0 Å². The Bertz CT molecular complexity index is 389. The quantitative estimate of drug-likeness (QED) is 0.810. The lowest BCUT2D eigenvalue weighted by atomic mass is 9.74. The first-order valence-corrected chi connectivity index (χ1v) is 5.22. The molecule has 1 fully saturated rings. The smallest absolute Gasteiger partial charge is 0.339 e. The Hall–Kier alpha value is -1.33. The van der Waals surface area contributed by atoms with Crippen LogP contribution in [-0.2, 0) is 10.3 Å². The number of carboxylic acid groups (broad SMARTS) is 1. The Morgan fingerprint density at radius 1 is 1.69 bits per heavy atom. The number of aliphatic hydroxyl groups is 1. The highest BCUT2D eigenvalue weighted by molar-refractivity contribution is 5.89. The summed E-state index contributed by atoms with van der Waals surface area (Å²) < 4.78 is 10.4. The molecule has 0 bridgehead atoms. The Labute approximate surface area is 92.6 Å². The summed E-state index contributed by atoms with van der Waals surface area (Å²) in [5.74, 6) is -0.951. The van der Waals surface area contributed by atoms with E-state index in [0.717, 1.165) is 0 Å². The van der Waals surface area contributed by atoms with Gasteiger partial charge in [-0.15, -0.1) is 0 Å². The van der Waals surface area contributed by atoms with E-state index in [1.165, 1.54) is 12.3 Å². The fraction of sp³-hybridized carbons (Fsp3) is 0.545. The van der Waals surface area contributed by atoms with Gasteiger partial charge in [-0.2, -0.15) is 0 Å². The first-order chi connectivity index (χ1) is 7.57. The zero-order chi connectivity index (χ0) is 11.8. The molecule has 1 saturated carbocycles. The SMILES string of the molecule is CCOC1CC(O)(c2occc2C(=O)O)C1. The number of carbonyl (C=O) groups is 1. The van der Waals surface area contributed by atoms with Crippen LogP contribution in [-0.4, -0.2) is 28.9 Å². The molecule has 0 aliphatic heterocycles. The van der Waals surface area contributed by atoms with Gasteiger partial charge in [-0.1, -0.05) is 0 Å². The lowest BCUT2D eigenvalue weighted by Crippen LogP contribution is -2.46. The minimum absolute atomic E-state index is 0.0123. The van der Waals surface area contributed by atoms with Crippen molar-refractivity contribution in [1.82, 2.24) is 0 Å². The molecule has 0 spiro atoms. The second-order valence-corrected chi connectivity index (χ2v) is 3.99. The summed E-state index contributed by atoms with van der Waals surface area (Å²) in [6.07, 6.45) is 2.04. The predicted molar refractivity (Wildman–Crippen MR) is 54.2 cm³/mol. The molecule has 0 amide bonds. The third kappa shape index (κ3) is 1.72. The van der Waals surface area contributed by atoms with Gasteiger partial charge in [0.25, 0.3) is 0 Å². The van der Waals surface area contributed by atoms with E-state index in [0.29, 0.717) is 19.4 Å². The third-order valence-electron chi connectivity index (χ3n) is 2.85. The van der Waals surface area contributed by atoms with Crippen LogP contribution >= 0.6 is 0 Å². The zero-order valence-corrected chi connectivity index (χ0v) is 8.97. The van der Waals surface area contributed by atoms with Crippen molar-refractivity contribution in [3.8, 4) is 0 Å². The van der Waals surface area contributed by atoms with Crippen LogP contribution in [0.25, 0.3) is 0 Å². The summed E-state index contributed by atoms with van der Waals surface area (Å²) in [6.45, 7) is 2.47. The minimum Gasteiger partial charge on any atom is -0.478 e. The molecular weight excluding hydrogens is 212 g/mol. The van der Waals surface area contributed by atoms with E-state index in [2.05, 4.69) is 0 Å². The van der Waals surface area contributed by atoms with E-state index in [1.807, 2.05) is 6.92 Å². The van der Waals surface area contributed by atoms with Gasteiger partial charge in [0.05, 0.1) is 12.4 Å². The summed E-state index contributed by atoms with van der Waals surface area (Å²) in [4.78, 5) is 10.9. The molecule has 1 aromatic rings. The molecular formula is C11H14O5. The van der Waals surface area contributed by atoms with Crippen molar-refractivity contribution < 1.29 is 24.2 Å². The van der Waals surface area contributed by atoms with Crippen molar-refractivity contribution in [1.29, 1.82) is 0 Å². The van der Waals surface area contributed by atoms with Crippen molar-refractivity contribution in [2.75, 3.05) is 6.61 Å². The first-order valence-electron chi connectivity index (χ1n) is 5.22. The molecule has 1 aliphatic rings. The summed E-state index contributed by atoms with van der Waals surface area (Å²) in [6, 6.07) is 1.35. The molecule has 1 aromatic heterocycles. The van der Waals surface area contributed by atoms with Crippen molar-refractivity contribution >= 4 is 5.97 Å². The monoisotopic (exact) mass is 226 g/mol. The van der Waals surface area contributed by atoms with E-state index >= 15 is 0 Å². The Morgan fingerprint density at radius 2 is 2.38 bits per heavy atom. The van der Waals surface area contributed by atoms with E-state index in [4.69, 9.17) is 14.3 Å². The third-order valence-corrected chi connectivity index (χ3v) is 2.85. The van der Waals surface area contributed by atoms with Gasteiger partial charge < -0.3 is 19.4 Å². The molecule has 2 rings (SSSR count). The Balaban J connectivity index is 2.14. The number of hydrogen-bond acceptors (Lipinski definition) is 4. The fourth-order valence-electron chi connectivity index (χ4n) is 2.07. The van der Waals surface area contributed by atoms with Crippen LogP contribution in [0.1, 0.15) is 35.9 Å². The van der Waals surface area contributed by atoms with Gasteiger partial charge in [0.1, 0.15) is 16.9 Å². The molecule has 5 nitrogen and oxygen atoms in total. The number of rotatable bonds is 4. The van der Waals surface area contributed by atoms with Crippen LogP contribution in [0.2, 0.25) is 0 Å². The molecule has 0 radical (unpaired) electrons. The van der Waals surface area contributed by atoms with Crippen molar-refractivity contribution in [2.24, 2.45) is 0 Å². The summed E-state index contributed by atoms with van der Waals surface area (Å²) in [5.41, 5.74) is -1.16. The lowest BCUT2D eigenvalue weighted by Gasteiger charge is -2.41. The number of furan rings is 1. The maximum Gasteiger partial charge on any atom is 0.339 e. The highest BCUT2D eigenvalue weighted by Crippen LogP contribution is 2.44. The summed E-state index contributed by atoms with van der Waals surface area (Å²) in [7, 11) is 0. The van der Waals surface area contributed by atoms with Crippen LogP contribution in [0.5, 0.6) is 0 Å². The number of aromatic carboxylic acids is 1. The molecule has 16 heavy (non-hydrogen) atoms. The molecule has 5 heteroatoms. The average molecular weight is 226 g/mol. The highest BCUT2D eigenvalue weighted by Gasteiger charge is 2.48. The van der Waals surface area contributed by atoms with Crippen LogP contribution < -0.4 is 0 Å². The second-order valence-electron chi connectivity index (χ2n) is 3.99. The van der Waals surface area contributed by atoms with Crippen molar-refractivity contribution in [3.05, 3.63) is 23.7 Å². The number of carboxylic acids is 1. The fourth-order valence-corrected chi connectivity index (χ4v) is 2.07. The van der Waals surface area contributed by atoms with E-state index in [1.54, 1.807) is 0 Å². The van der Waals surface area contributed by atoms with Crippen LogP contribution in [0, 0.1) is 0 Å². The van der Waals surface area contributed by atoms with Gasteiger partial charge in [-0.05, 0) is 13.0 Å². The van der Waals surface area contributed by atoms with Gasteiger partial charge in [-0.25, -0.2) is 4.79 Å². The first kappa shape index (κ1) is 11.2. The topological polar surface area (TPSA) is 79.9 Å². The molecule has 1 aliphatic carbocycles. The molecule has 0 aromatic carbocycles. The lowest BCUT2D eigenvalue weighted by molar-refractivity contribution is -0.152. The van der Waals surface area contributed by atoms with Gasteiger partial charge >= 0.3 is 5.97 Å². The Kier molecular flexibility index (Phi) is 2.73. The van der Waals surface area contributed by atoms with E-state index < -0.39 is 11.6 Å². The number of ether oxygens (including phenoxy) is 1. The van der Waals surface area contributed by atoms with Gasteiger partial charge in [0, 0.05) is 19.4 Å². The average Bonchev–Trinajstić information content (AvgIpc) is 2.64. The molecule has 0 atom stereocenters. The van der Waals surface area contributed by atoms with Gasteiger partial charge in [0.2, 0.25) is 0 Å². The molecule has 2 N–H and O–H groups in total. The predicted octanol–water partition coefficient (Wildman–Crippen LogP) is 1.36. The normalized spacial score (nSPS) is 28.8. The molecule has 1 heterocycles. The Morgan fingerprint density at radius 3 is 2.94 bits per heavy atom. The van der Waals surface area contributed by atoms with E-state index in [9.17, 15) is 9.90 Å². The van der Waals surface area contributed by atoms with Crippen LogP contribution in [0.4, 0.5) is 0 Å². The largest absolute Gasteiger partial charge is 0.478 e. The zero-order valence-electron chi connectivity index (χ0n) is 8.97. The molecule has 0 unspecified atom stereocenters. The maximum absolute atomic E-state index is 10.9. The van der Waals surface area contributed by atoms with Gasteiger partial charge in [-0.3, -0.25) is 0 Å². The summed E-state index contributed by atoms with van der Waals surface area (Å²) >= 11 is 0. The van der Waals surface area contributed by atoms with E-state index in [-0.39, 0.29) is 17.4 Å². The van der Waals surface area contributed by atoms with Crippen LogP contribution in [0.15, 0.2) is 16.7 Å². The van der Waals surface area contributed by atoms with Crippen molar-refractivity contribution in [2.45, 2.75) is 31.5 Å². The molecule has 88 valence electrons. The number of hydrogen-bond donors (Lipinski definition) is 2. The van der Waals surface area contributed by atoms with Crippen molar-refractivity contribution in [3.63, 3.8) is 0 Å². The van der Waals surface area contributed by atoms with Crippen LogP contribution in [0.3, 0.4) is 0 Å². The summed E-state index contributed by atoms with van der Waals surface area (Å²) in [5, 5.41) is 19.1. The highest BCUT2D eigenvalue weighted by atomic mass is 16.5. The minimum atomic E-state index is -1.18. The molecule has 0 saturated heterocycles. The maximum atomic E-state index is 10.9. The standard InChI is InChI=1S/C11H14O5/c1-2-15-7-5-11(14,6-7)9-8(10(12)13)3-4-16-9/h3-4,7,14H,2,5-6H2,1H3,(H,12,13).